The second-order valence-corrected chi connectivity index (χ2v) is 7.89. The molecular weight excluding hydrogens is 391 g/mol. The first-order valence-electron chi connectivity index (χ1n) is 8.98. The highest BCUT2D eigenvalue weighted by Crippen LogP contribution is 2.52. The van der Waals surface area contributed by atoms with Crippen LogP contribution in [0.4, 0.5) is 13.2 Å². The molecule has 4 rings (SSSR count). The second kappa shape index (κ2) is 5.80. The van der Waals surface area contributed by atoms with Gasteiger partial charge >= 0.3 is 6.18 Å². The number of halogens is 3. The lowest BCUT2D eigenvalue weighted by Gasteiger charge is -2.46. The van der Waals surface area contributed by atoms with Gasteiger partial charge in [0.1, 0.15) is 5.54 Å². The molecule has 0 radical (unpaired) electrons. The quantitative estimate of drug-likeness (QED) is 0.649. The van der Waals surface area contributed by atoms with Crippen molar-refractivity contribution in [1.82, 2.24) is 14.7 Å². The molecule has 4 amide bonds. The van der Waals surface area contributed by atoms with E-state index < -0.39 is 58.8 Å². The van der Waals surface area contributed by atoms with Gasteiger partial charge in [-0.1, -0.05) is 0 Å². The van der Waals surface area contributed by atoms with Crippen molar-refractivity contribution < 1.29 is 32.3 Å². The molecule has 3 aliphatic rings. The number of imide groups is 1. The Labute approximate surface area is 164 Å². The zero-order valence-corrected chi connectivity index (χ0v) is 15.9. The molecule has 0 aromatic heterocycles. The van der Waals surface area contributed by atoms with Gasteiger partial charge in [0.2, 0.25) is 17.7 Å². The highest BCUT2D eigenvalue weighted by molar-refractivity contribution is 6.12. The maximum Gasteiger partial charge on any atom is 0.416 e. The predicted octanol–water partition coefficient (Wildman–Crippen LogP) is 0.991. The molecule has 3 heterocycles. The molecule has 1 aromatic rings. The summed E-state index contributed by atoms with van der Waals surface area (Å²) in [5.74, 6) is -4.00. The van der Waals surface area contributed by atoms with Crippen molar-refractivity contribution in [2.75, 3.05) is 20.6 Å². The van der Waals surface area contributed by atoms with E-state index in [2.05, 4.69) is 0 Å². The summed E-state index contributed by atoms with van der Waals surface area (Å²) in [4.78, 5) is 55.3. The van der Waals surface area contributed by atoms with Crippen LogP contribution in [0, 0.1) is 11.8 Å². The molecule has 0 saturated carbocycles. The summed E-state index contributed by atoms with van der Waals surface area (Å²) in [5, 5.41) is 0. The number of rotatable bonds is 1. The fraction of sp³-hybridized carbons (Fsp3) is 0.474. The van der Waals surface area contributed by atoms with Gasteiger partial charge in [-0.05, 0) is 31.2 Å². The van der Waals surface area contributed by atoms with Gasteiger partial charge in [-0.3, -0.25) is 24.1 Å². The Hall–Kier alpha value is -2.91. The number of hydrogen-bond acceptors (Lipinski definition) is 4. The Balaban J connectivity index is 1.78. The van der Waals surface area contributed by atoms with E-state index in [9.17, 15) is 32.3 Å². The van der Waals surface area contributed by atoms with E-state index in [4.69, 9.17) is 0 Å². The average Bonchev–Trinajstić information content (AvgIpc) is 3.02. The smallest absolute Gasteiger partial charge is 0.342 e. The van der Waals surface area contributed by atoms with Crippen molar-refractivity contribution in [3.05, 3.63) is 35.4 Å². The summed E-state index contributed by atoms with van der Waals surface area (Å²) in [6, 6.07) is 2.94. The van der Waals surface area contributed by atoms with Crippen LogP contribution in [0.3, 0.4) is 0 Å². The van der Waals surface area contributed by atoms with Crippen molar-refractivity contribution in [1.29, 1.82) is 0 Å². The van der Waals surface area contributed by atoms with Crippen molar-refractivity contribution in [3.8, 4) is 0 Å². The first-order valence-corrected chi connectivity index (χ1v) is 8.98. The van der Waals surface area contributed by atoms with Gasteiger partial charge < -0.3 is 9.80 Å². The first-order chi connectivity index (χ1) is 13.4. The van der Waals surface area contributed by atoms with Crippen LogP contribution in [-0.2, 0) is 20.6 Å². The molecule has 3 saturated heterocycles. The van der Waals surface area contributed by atoms with Crippen molar-refractivity contribution in [2.24, 2.45) is 11.8 Å². The lowest BCUT2D eigenvalue weighted by atomic mass is 9.81. The van der Waals surface area contributed by atoms with Gasteiger partial charge in [0.15, 0.2) is 0 Å². The third kappa shape index (κ3) is 2.37. The molecule has 7 nitrogen and oxygen atoms in total. The minimum atomic E-state index is -4.54. The van der Waals surface area contributed by atoms with Gasteiger partial charge in [-0.2, -0.15) is 13.2 Å². The summed E-state index contributed by atoms with van der Waals surface area (Å²) in [7, 11) is 2.88. The zero-order valence-electron chi connectivity index (χ0n) is 15.9. The minimum absolute atomic E-state index is 0.0418. The lowest BCUT2D eigenvalue weighted by molar-refractivity contribution is -0.153. The second-order valence-electron chi connectivity index (χ2n) is 7.89. The van der Waals surface area contributed by atoms with E-state index in [1.807, 2.05) is 0 Å². The maximum atomic E-state index is 13.2. The summed E-state index contributed by atoms with van der Waals surface area (Å²) < 4.78 is 38.5. The van der Waals surface area contributed by atoms with Crippen molar-refractivity contribution in [3.63, 3.8) is 0 Å². The Morgan fingerprint density at radius 2 is 1.66 bits per heavy atom. The summed E-state index contributed by atoms with van der Waals surface area (Å²) in [5.41, 5.74) is -2.53. The molecule has 2 bridgehead atoms. The zero-order chi connectivity index (χ0) is 21.5. The Morgan fingerprint density at radius 3 is 2.21 bits per heavy atom. The fourth-order valence-electron chi connectivity index (χ4n) is 4.95. The topological polar surface area (TPSA) is 78.0 Å². The molecule has 1 aromatic carbocycles. The van der Waals surface area contributed by atoms with Gasteiger partial charge in [-0.15, -0.1) is 0 Å². The number of alkyl halides is 3. The third-order valence-electron chi connectivity index (χ3n) is 6.34. The van der Waals surface area contributed by atoms with Crippen LogP contribution < -0.4 is 0 Å². The van der Waals surface area contributed by atoms with Crippen LogP contribution in [0.2, 0.25) is 0 Å². The molecule has 3 fully saturated rings. The van der Waals surface area contributed by atoms with Crippen LogP contribution in [-0.4, -0.2) is 70.5 Å². The summed E-state index contributed by atoms with van der Waals surface area (Å²) in [6.45, 7) is 1.52. The molecule has 4 atom stereocenters. The van der Waals surface area contributed by atoms with Gasteiger partial charge in [0, 0.05) is 26.2 Å². The SMILES string of the molecule is CN1CC2C3C(=O)N(C)C(=O)C3[C@](C)(C1=O)N2C(=O)c1ccc(C(F)(F)F)cc1. The number of benzene rings is 1. The van der Waals surface area contributed by atoms with Gasteiger partial charge in [-0.25, -0.2) is 0 Å². The predicted molar refractivity (Wildman–Crippen MR) is 92.2 cm³/mol. The van der Waals surface area contributed by atoms with E-state index in [0.29, 0.717) is 0 Å². The van der Waals surface area contributed by atoms with E-state index in [0.717, 1.165) is 29.2 Å². The molecule has 0 N–H and O–H groups in total. The summed E-state index contributed by atoms with van der Waals surface area (Å²) >= 11 is 0. The largest absolute Gasteiger partial charge is 0.416 e. The number of likely N-dealkylation sites (N-methyl/N-ethyl adjacent to an activating group) is 1. The minimum Gasteiger partial charge on any atom is -0.342 e. The summed E-state index contributed by atoms with van der Waals surface area (Å²) in [6.07, 6.45) is -4.54. The molecule has 3 aliphatic heterocycles. The van der Waals surface area contributed by atoms with Crippen LogP contribution in [0.25, 0.3) is 0 Å². The number of nitrogens with zero attached hydrogens (tertiary/aromatic N) is 3. The lowest BCUT2D eigenvalue weighted by Crippen LogP contribution is -2.67. The van der Waals surface area contributed by atoms with Crippen molar-refractivity contribution >= 4 is 23.6 Å². The molecule has 154 valence electrons. The number of amides is 4. The van der Waals surface area contributed by atoms with Gasteiger partial charge in [0.25, 0.3) is 5.91 Å². The van der Waals surface area contributed by atoms with Crippen molar-refractivity contribution in [2.45, 2.75) is 24.7 Å². The number of piperazine rings is 1. The average molecular weight is 409 g/mol. The monoisotopic (exact) mass is 409 g/mol. The van der Waals surface area contributed by atoms with Crippen LogP contribution in [0.15, 0.2) is 24.3 Å². The number of carbonyl (C=O) groups is 4. The Bertz CT molecular complexity index is 945. The third-order valence-corrected chi connectivity index (χ3v) is 6.34. The van der Waals surface area contributed by atoms with E-state index in [1.165, 1.54) is 30.8 Å². The number of fused-ring (bicyclic) bond motifs is 5. The Kier molecular flexibility index (Phi) is 3.88. The molecule has 29 heavy (non-hydrogen) atoms. The standard InChI is InChI=1S/C19H18F3N3O4/c1-18-13-12(15(27)24(3)16(13)28)11(8-23(2)17(18)29)25(18)14(26)9-4-6-10(7-5-9)19(20,21)22/h4-7,11-13H,8H2,1-3H3/t11?,12?,13?,18-/m1/s1. The number of carbonyl (C=O) groups excluding carboxylic acids is 4. The van der Waals surface area contributed by atoms with E-state index in [1.54, 1.807) is 0 Å². The van der Waals surface area contributed by atoms with Crippen LogP contribution in [0.5, 0.6) is 0 Å². The van der Waals surface area contributed by atoms with Crippen LogP contribution in [0.1, 0.15) is 22.8 Å². The Morgan fingerprint density at radius 1 is 1.07 bits per heavy atom. The first kappa shape index (κ1) is 19.4. The molecule has 3 unspecified atom stereocenters. The molecule has 0 spiro atoms. The molecule has 10 heteroatoms. The molecule has 0 aliphatic carbocycles. The number of likely N-dealkylation sites (tertiary alicyclic amines) is 2. The maximum absolute atomic E-state index is 13.2. The fourth-order valence-corrected chi connectivity index (χ4v) is 4.95. The van der Waals surface area contributed by atoms with Crippen LogP contribution >= 0.6 is 0 Å². The van der Waals surface area contributed by atoms with Gasteiger partial charge in [0.05, 0.1) is 23.4 Å². The number of hydrogen-bond donors (Lipinski definition) is 0. The highest BCUT2D eigenvalue weighted by Gasteiger charge is 2.73. The van der Waals surface area contributed by atoms with E-state index in [-0.39, 0.29) is 12.1 Å². The molecular formula is C19H18F3N3O4. The van der Waals surface area contributed by atoms with E-state index >= 15 is 0 Å². The normalized spacial score (nSPS) is 31.6. The highest BCUT2D eigenvalue weighted by atomic mass is 19.4.